The summed E-state index contributed by atoms with van der Waals surface area (Å²) in [4.78, 5) is 4.16. The van der Waals surface area contributed by atoms with Crippen LogP contribution in [0.15, 0.2) is 18.2 Å². The van der Waals surface area contributed by atoms with Gasteiger partial charge in [0.25, 0.3) is 0 Å². The Morgan fingerprint density at radius 1 is 1.05 bits per heavy atom. The van der Waals surface area contributed by atoms with Crippen LogP contribution in [0.1, 0.15) is 0 Å². The van der Waals surface area contributed by atoms with Crippen molar-refractivity contribution in [1.29, 1.82) is 5.41 Å². The normalized spacial score (nSPS) is 18.3. The van der Waals surface area contributed by atoms with Crippen molar-refractivity contribution in [3.63, 3.8) is 0 Å². The highest BCUT2D eigenvalue weighted by Gasteiger charge is 2.20. The number of nitrogens with zero attached hydrogens (tertiary/aromatic N) is 2. The zero-order valence-corrected chi connectivity index (χ0v) is 10.8. The SMILES string of the molecule is N=C(N)N1CCN(c2ccc3c(c2)OCCO3)CC1. The van der Waals surface area contributed by atoms with E-state index in [0.29, 0.717) is 13.2 Å². The van der Waals surface area contributed by atoms with Crippen molar-refractivity contribution < 1.29 is 9.47 Å². The van der Waals surface area contributed by atoms with Gasteiger partial charge >= 0.3 is 0 Å². The Morgan fingerprint density at radius 3 is 2.42 bits per heavy atom. The number of anilines is 1. The predicted octanol–water partition coefficient (Wildman–Crippen LogP) is 0.473. The molecule has 1 saturated heterocycles. The molecule has 0 radical (unpaired) electrons. The number of nitrogens with two attached hydrogens (primary N) is 1. The van der Waals surface area contributed by atoms with Gasteiger partial charge in [-0.15, -0.1) is 0 Å². The number of benzene rings is 1. The van der Waals surface area contributed by atoms with Gasteiger partial charge in [-0.2, -0.15) is 0 Å². The van der Waals surface area contributed by atoms with E-state index in [4.69, 9.17) is 20.6 Å². The highest BCUT2D eigenvalue weighted by atomic mass is 16.6. The summed E-state index contributed by atoms with van der Waals surface area (Å²) in [6.07, 6.45) is 0. The molecule has 3 rings (SSSR count). The molecule has 0 spiro atoms. The van der Waals surface area contributed by atoms with Gasteiger partial charge in [-0.1, -0.05) is 0 Å². The average Bonchev–Trinajstić information content (AvgIpc) is 2.47. The van der Waals surface area contributed by atoms with E-state index in [-0.39, 0.29) is 5.96 Å². The summed E-state index contributed by atoms with van der Waals surface area (Å²) < 4.78 is 11.1. The Kier molecular flexibility index (Phi) is 3.06. The van der Waals surface area contributed by atoms with Crippen molar-refractivity contribution in [2.45, 2.75) is 0 Å². The third-order valence-electron chi connectivity index (χ3n) is 3.51. The van der Waals surface area contributed by atoms with Gasteiger partial charge in [0, 0.05) is 37.9 Å². The average molecular weight is 262 g/mol. The van der Waals surface area contributed by atoms with Crippen LogP contribution in [0.2, 0.25) is 0 Å². The predicted molar refractivity (Wildman–Crippen MR) is 73.1 cm³/mol. The summed E-state index contributed by atoms with van der Waals surface area (Å²) in [5.74, 6) is 1.79. The maximum absolute atomic E-state index is 7.43. The topological polar surface area (TPSA) is 74.8 Å². The second-order valence-corrected chi connectivity index (χ2v) is 4.69. The summed E-state index contributed by atoms with van der Waals surface area (Å²) in [7, 11) is 0. The molecule has 2 aliphatic heterocycles. The zero-order chi connectivity index (χ0) is 13.2. The molecule has 0 saturated carbocycles. The second kappa shape index (κ2) is 4.87. The van der Waals surface area contributed by atoms with Gasteiger partial charge in [0.15, 0.2) is 17.5 Å². The van der Waals surface area contributed by atoms with Crippen molar-refractivity contribution in [2.24, 2.45) is 5.73 Å². The first-order valence-corrected chi connectivity index (χ1v) is 6.47. The molecule has 2 aliphatic rings. The van der Waals surface area contributed by atoms with Crippen LogP contribution in [0.25, 0.3) is 0 Å². The number of fused-ring (bicyclic) bond motifs is 1. The van der Waals surface area contributed by atoms with E-state index in [1.807, 2.05) is 17.0 Å². The van der Waals surface area contributed by atoms with Crippen LogP contribution in [0, 0.1) is 5.41 Å². The first kappa shape index (κ1) is 12.0. The summed E-state index contributed by atoms with van der Waals surface area (Å²) in [5, 5.41) is 7.43. The maximum atomic E-state index is 7.43. The van der Waals surface area contributed by atoms with E-state index in [0.717, 1.165) is 43.4 Å². The van der Waals surface area contributed by atoms with E-state index in [2.05, 4.69) is 11.0 Å². The molecule has 102 valence electrons. The molecule has 2 heterocycles. The molecule has 0 aromatic heterocycles. The van der Waals surface area contributed by atoms with Crippen molar-refractivity contribution in [3.8, 4) is 11.5 Å². The Bertz CT molecular complexity index is 484. The fraction of sp³-hybridized carbons (Fsp3) is 0.462. The van der Waals surface area contributed by atoms with Crippen LogP contribution in [0.3, 0.4) is 0 Å². The van der Waals surface area contributed by atoms with Gasteiger partial charge in [-0.25, -0.2) is 0 Å². The van der Waals surface area contributed by atoms with Crippen molar-refractivity contribution >= 4 is 11.6 Å². The van der Waals surface area contributed by atoms with Crippen LogP contribution in [-0.4, -0.2) is 50.3 Å². The number of nitrogens with one attached hydrogen (secondary N) is 1. The molecular formula is C13H18N4O2. The Balaban J connectivity index is 1.71. The number of hydrogen-bond acceptors (Lipinski definition) is 4. The maximum Gasteiger partial charge on any atom is 0.188 e. The molecule has 0 unspecified atom stereocenters. The van der Waals surface area contributed by atoms with Gasteiger partial charge in [0.1, 0.15) is 13.2 Å². The van der Waals surface area contributed by atoms with E-state index in [1.54, 1.807) is 0 Å². The molecule has 6 heteroatoms. The molecule has 0 bridgehead atoms. The van der Waals surface area contributed by atoms with Gasteiger partial charge < -0.3 is 25.0 Å². The summed E-state index contributed by atoms with van der Waals surface area (Å²) in [6, 6.07) is 6.04. The van der Waals surface area contributed by atoms with Crippen molar-refractivity contribution in [3.05, 3.63) is 18.2 Å². The molecule has 6 nitrogen and oxygen atoms in total. The Hall–Kier alpha value is -2.11. The van der Waals surface area contributed by atoms with Crippen LogP contribution in [0.5, 0.6) is 11.5 Å². The molecule has 0 atom stereocenters. The first-order valence-electron chi connectivity index (χ1n) is 6.47. The van der Waals surface area contributed by atoms with E-state index >= 15 is 0 Å². The van der Waals surface area contributed by atoms with Gasteiger partial charge in [-0.05, 0) is 12.1 Å². The van der Waals surface area contributed by atoms with Crippen LogP contribution in [-0.2, 0) is 0 Å². The molecule has 1 fully saturated rings. The highest BCUT2D eigenvalue weighted by Crippen LogP contribution is 2.34. The number of hydrogen-bond donors (Lipinski definition) is 2. The lowest BCUT2D eigenvalue weighted by Gasteiger charge is -2.36. The quantitative estimate of drug-likeness (QED) is 0.568. The minimum atomic E-state index is 0.154. The molecule has 0 aliphatic carbocycles. The third-order valence-corrected chi connectivity index (χ3v) is 3.51. The summed E-state index contributed by atoms with van der Waals surface area (Å²) in [5.41, 5.74) is 6.63. The fourth-order valence-corrected chi connectivity index (χ4v) is 2.43. The first-order chi connectivity index (χ1) is 9.24. The minimum absolute atomic E-state index is 0.154. The molecule has 1 aromatic rings. The monoisotopic (exact) mass is 262 g/mol. The standard InChI is InChI=1S/C13H18N4O2/c14-13(15)17-5-3-16(4-6-17)10-1-2-11-12(9-10)19-8-7-18-11/h1-2,9H,3-8H2,(H3,14,15). The van der Waals surface area contributed by atoms with Crippen molar-refractivity contribution in [1.82, 2.24) is 4.90 Å². The van der Waals surface area contributed by atoms with Crippen LogP contribution >= 0.6 is 0 Å². The Morgan fingerprint density at radius 2 is 1.74 bits per heavy atom. The molecular weight excluding hydrogens is 244 g/mol. The summed E-state index contributed by atoms with van der Waals surface area (Å²) in [6.45, 7) is 4.50. The molecule has 3 N–H and O–H groups in total. The third kappa shape index (κ3) is 2.38. The number of rotatable bonds is 1. The van der Waals surface area contributed by atoms with E-state index in [9.17, 15) is 0 Å². The Labute approximate surface area is 112 Å². The van der Waals surface area contributed by atoms with Gasteiger partial charge in [0.05, 0.1) is 0 Å². The fourth-order valence-electron chi connectivity index (χ4n) is 2.43. The molecule has 1 aromatic carbocycles. The van der Waals surface area contributed by atoms with Crippen LogP contribution < -0.4 is 20.1 Å². The van der Waals surface area contributed by atoms with Crippen molar-refractivity contribution in [2.75, 3.05) is 44.3 Å². The zero-order valence-electron chi connectivity index (χ0n) is 10.8. The number of guanidine groups is 1. The smallest absolute Gasteiger partial charge is 0.188 e. The highest BCUT2D eigenvalue weighted by molar-refractivity contribution is 5.75. The lowest BCUT2D eigenvalue weighted by atomic mass is 10.2. The largest absolute Gasteiger partial charge is 0.486 e. The molecule has 19 heavy (non-hydrogen) atoms. The van der Waals surface area contributed by atoms with Gasteiger partial charge in [0.2, 0.25) is 0 Å². The van der Waals surface area contributed by atoms with E-state index < -0.39 is 0 Å². The minimum Gasteiger partial charge on any atom is -0.486 e. The lowest BCUT2D eigenvalue weighted by molar-refractivity contribution is 0.171. The number of piperazine rings is 1. The second-order valence-electron chi connectivity index (χ2n) is 4.69. The van der Waals surface area contributed by atoms with Gasteiger partial charge in [-0.3, -0.25) is 5.41 Å². The lowest BCUT2D eigenvalue weighted by Crippen LogP contribution is -2.50. The van der Waals surface area contributed by atoms with E-state index in [1.165, 1.54) is 0 Å². The van der Waals surface area contributed by atoms with Crippen LogP contribution in [0.4, 0.5) is 5.69 Å². The summed E-state index contributed by atoms with van der Waals surface area (Å²) >= 11 is 0. The molecule has 0 amide bonds. The number of ether oxygens (including phenoxy) is 2.